The third kappa shape index (κ3) is 6.06. The van der Waals surface area contributed by atoms with Gasteiger partial charge in [0.25, 0.3) is 0 Å². The molecule has 2 aromatic carbocycles. The van der Waals surface area contributed by atoms with Crippen LogP contribution in [-0.4, -0.2) is 35.3 Å². The number of imidazole rings is 1. The molecular weight excluding hydrogens is 366 g/mol. The standard InChI is InChI=1S/C23H29N3O3/c1-3-28-15-8-14-26-21-12-5-4-11-20(21)24-23(26)25-22(27)13-7-16-29-19-10-6-9-18(2)17-19/h4-6,9-12,17H,3,7-8,13-16H2,1-2H3,(H,24,25,27). The first-order valence-corrected chi connectivity index (χ1v) is 10.2. The number of amides is 1. The highest BCUT2D eigenvalue weighted by Gasteiger charge is 2.13. The van der Waals surface area contributed by atoms with Crippen LogP contribution in [0.25, 0.3) is 11.0 Å². The summed E-state index contributed by atoms with van der Waals surface area (Å²) in [5.41, 5.74) is 3.05. The Morgan fingerprint density at radius 2 is 1.97 bits per heavy atom. The summed E-state index contributed by atoms with van der Waals surface area (Å²) in [6, 6.07) is 15.8. The van der Waals surface area contributed by atoms with E-state index in [9.17, 15) is 4.79 Å². The fraction of sp³-hybridized carbons (Fsp3) is 0.391. The number of aromatic nitrogens is 2. The van der Waals surface area contributed by atoms with Crippen LogP contribution in [0.2, 0.25) is 0 Å². The maximum absolute atomic E-state index is 12.4. The van der Waals surface area contributed by atoms with Crippen LogP contribution in [0, 0.1) is 6.92 Å². The van der Waals surface area contributed by atoms with Gasteiger partial charge in [-0.3, -0.25) is 10.1 Å². The monoisotopic (exact) mass is 395 g/mol. The molecule has 1 amide bonds. The van der Waals surface area contributed by atoms with Gasteiger partial charge in [0.15, 0.2) is 0 Å². The summed E-state index contributed by atoms with van der Waals surface area (Å²) in [4.78, 5) is 17.0. The predicted molar refractivity (Wildman–Crippen MR) is 115 cm³/mol. The van der Waals surface area contributed by atoms with Gasteiger partial charge in [-0.2, -0.15) is 0 Å². The molecule has 6 heteroatoms. The maximum atomic E-state index is 12.4. The van der Waals surface area contributed by atoms with Crippen molar-refractivity contribution in [2.75, 3.05) is 25.1 Å². The number of ether oxygens (including phenoxy) is 2. The summed E-state index contributed by atoms with van der Waals surface area (Å²) in [5, 5.41) is 2.97. The highest BCUT2D eigenvalue weighted by Crippen LogP contribution is 2.20. The van der Waals surface area contributed by atoms with Crippen LogP contribution >= 0.6 is 0 Å². The summed E-state index contributed by atoms with van der Waals surface area (Å²) in [6.45, 7) is 6.65. The lowest BCUT2D eigenvalue weighted by Gasteiger charge is -2.11. The van der Waals surface area contributed by atoms with Crippen molar-refractivity contribution in [2.45, 2.75) is 39.7 Å². The molecule has 0 radical (unpaired) electrons. The lowest BCUT2D eigenvalue weighted by Crippen LogP contribution is -2.17. The molecule has 3 aromatic rings. The van der Waals surface area contributed by atoms with Crippen molar-refractivity contribution in [3.63, 3.8) is 0 Å². The first-order valence-electron chi connectivity index (χ1n) is 10.2. The fourth-order valence-corrected chi connectivity index (χ4v) is 3.18. The zero-order valence-electron chi connectivity index (χ0n) is 17.2. The van der Waals surface area contributed by atoms with Crippen LogP contribution < -0.4 is 10.1 Å². The molecule has 0 aliphatic carbocycles. The molecule has 1 heterocycles. The molecule has 1 aromatic heterocycles. The number of carbonyl (C=O) groups is 1. The molecule has 0 aliphatic heterocycles. The number of anilines is 1. The molecule has 3 rings (SSSR count). The van der Waals surface area contributed by atoms with Crippen molar-refractivity contribution < 1.29 is 14.3 Å². The second kappa shape index (κ2) is 10.6. The molecule has 29 heavy (non-hydrogen) atoms. The quantitative estimate of drug-likeness (QED) is 0.483. The highest BCUT2D eigenvalue weighted by molar-refractivity contribution is 5.91. The predicted octanol–water partition coefficient (Wildman–Crippen LogP) is 4.57. The number of carbonyl (C=O) groups excluding carboxylic acids is 1. The van der Waals surface area contributed by atoms with Crippen LogP contribution in [-0.2, 0) is 16.1 Å². The van der Waals surface area contributed by atoms with E-state index < -0.39 is 0 Å². The lowest BCUT2D eigenvalue weighted by atomic mass is 10.2. The Morgan fingerprint density at radius 3 is 2.79 bits per heavy atom. The topological polar surface area (TPSA) is 65.4 Å². The Bertz CT molecular complexity index is 936. The van der Waals surface area contributed by atoms with E-state index in [-0.39, 0.29) is 5.91 Å². The number of aryl methyl sites for hydroxylation is 2. The normalized spacial score (nSPS) is 11.0. The van der Waals surface area contributed by atoms with Crippen LogP contribution in [0.15, 0.2) is 48.5 Å². The SMILES string of the molecule is CCOCCCn1c(NC(=O)CCCOc2cccc(C)c2)nc2ccccc21. The number of nitrogens with zero attached hydrogens (tertiary/aromatic N) is 2. The first kappa shape index (κ1) is 20.9. The summed E-state index contributed by atoms with van der Waals surface area (Å²) in [5.74, 6) is 1.37. The summed E-state index contributed by atoms with van der Waals surface area (Å²) in [7, 11) is 0. The molecule has 154 valence electrons. The number of nitrogens with one attached hydrogen (secondary N) is 1. The second-order valence-electron chi connectivity index (χ2n) is 6.94. The van der Waals surface area contributed by atoms with Crippen molar-refractivity contribution in [1.82, 2.24) is 9.55 Å². The molecule has 0 unspecified atom stereocenters. The van der Waals surface area contributed by atoms with Gasteiger partial charge in [-0.05, 0) is 56.5 Å². The van der Waals surface area contributed by atoms with E-state index in [4.69, 9.17) is 9.47 Å². The highest BCUT2D eigenvalue weighted by atomic mass is 16.5. The van der Waals surface area contributed by atoms with Gasteiger partial charge in [-0.25, -0.2) is 4.98 Å². The Balaban J connectivity index is 1.54. The van der Waals surface area contributed by atoms with Crippen molar-refractivity contribution >= 4 is 22.9 Å². The van der Waals surface area contributed by atoms with Crippen molar-refractivity contribution in [3.05, 3.63) is 54.1 Å². The van der Waals surface area contributed by atoms with Gasteiger partial charge in [0.1, 0.15) is 5.75 Å². The van der Waals surface area contributed by atoms with Gasteiger partial charge in [-0.15, -0.1) is 0 Å². The molecule has 0 spiro atoms. The van der Waals surface area contributed by atoms with Gasteiger partial charge in [0, 0.05) is 26.2 Å². The van der Waals surface area contributed by atoms with E-state index in [1.54, 1.807) is 0 Å². The van der Waals surface area contributed by atoms with Gasteiger partial charge < -0.3 is 14.0 Å². The number of para-hydroxylation sites is 2. The minimum absolute atomic E-state index is 0.0563. The van der Waals surface area contributed by atoms with Gasteiger partial charge >= 0.3 is 0 Å². The molecular formula is C23H29N3O3. The van der Waals surface area contributed by atoms with Crippen molar-refractivity contribution in [2.24, 2.45) is 0 Å². The molecule has 1 N–H and O–H groups in total. The minimum atomic E-state index is -0.0563. The average Bonchev–Trinajstić information content (AvgIpc) is 3.06. The Kier molecular flexibility index (Phi) is 7.64. The van der Waals surface area contributed by atoms with Gasteiger partial charge in [-0.1, -0.05) is 24.3 Å². The van der Waals surface area contributed by atoms with E-state index in [0.717, 1.165) is 35.3 Å². The van der Waals surface area contributed by atoms with Crippen molar-refractivity contribution in [3.8, 4) is 5.75 Å². The molecule has 0 saturated carbocycles. The van der Waals surface area contributed by atoms with E-state index in [2.05, 4.69) is 14.9 Å². The number of fused-ring (bicyclic) bond motifs is 1. The Morgan fingerprint density at radius 1 is 1.10 bits per heavy atom. The molecule has 0 saturated heterocycles. The minimum Gasteiger partial charge on any atom is -0.494 e. The zero-order valence-corrected chi connectivity index (χ0v) is 17.2. The smallest absolute Gasteiger partial charge is 0.226 e. The largest absolute Gasteiger partial charge is 0.494 e. The number of hydrogen-bond donors (Lipinski definition) is 1. The lowest BCUT2D eigenvalue weighted by molar-refractivity contribution is -0.116. The van der Waals surface area contributed by atoms with E-state index in [0.29, 0.717) is 38.6 Å². The molecule has 0 bridgehead atoms. The number of hydrogen-bond acceptors (Lipinski definition) is 4. The summed E-state index contributed by atoms with van der Waals surface area (Å²) in [6.07, 6.45) is 1.89. The average molecular weight is 396 g/mol. The third-order valence-corrected chi connectivity index (χ3v) is 4.59. The third-order valence-electron chi connectivity index (χ3n) is 4.59. The van der Waals surface area contributed by atoms with Crippen LogP contribution in [0.3, 0.4) is 0 Å². The van der Waals surface area contributed by atoms with Crippen LogP contribution in [0.5, 0.6) is 5.75 Å². The Hall–Kier alpha value is -2.86. The van der Waals surface area contributed by atoms with Crippen molar-refractivity contribution in [1.29, 1.82) is 0 Å². The van der Waals surface area contributed by atoms with Gasteiger partial charge in [0.2, 0.25) is 11.9 Å². The maximum Gasteiger partial charge on any atom is 0.226 e. The Labute approximate surface area is 171 Å². The molecule has 0 fully saturated rings. The van der Waals surface area contributed by atoms with Crippen LogP contribution in [0.4, 0.5) is 5.95 Å². The zero-order chi connectivity index (χ0) is 20.5. The fourth-order valence-electron chi connectivity index (χ4n) is 3.18. The molecule has 6 nitrogen and oxygen atoms in total. The molecule has 0 atom stereocenters. The summed E-state index contributed by atoms with van der Waals surface area (Å²) >= 11 is 0. The van der Waals surface area contributed by atoms with E-state index in [1.165, 1.54) is 0 Å². The number of rotatable bonds is 11. The van der Waals surface area contributed by atoms with E-state index >= 15 is 0 Å². The summed E-state index contributed by atoms with van der Waals surface area (Å²) < 4.78 is 13.2. The van der Waals surface area contributed by atoms with Gasteiger partial charge in [0.05, 0.1) is 17.6 Å². The molecule has 0 aliphatic rings. The number of benzene rings is 2. The second-order valence-corrected chi connectivity index (χ2v) is 6.94. The van der Waals surface area contributed by atoms with Crippen LogP contribution in [0.1, 0.15) is 31.7 Å². The van der Waals surface area contributed by atoms with E-state index in [1.807, 2.05) is 62.4 Å². The first-order chi connectivity index (χ1) is 14.2.